The molecule has 1 aromatic carbocycles. The van der Waals surface area contributed by atoms with Crippen LogP contribution in [0.4, 0.5) is 0 Å². The number of benzene rings is 1. The molecule has 0 saturated carbocycles. The average Bonchev–Trinajstić information content (AvgIpc) is 2.64. The molecule has 0 aliphatic heterocycles. The first-order chi connectivity index (χ1) is 6.83. The molecule has 0 saturated heterocycles. The van der Waals surface area contributed by atoms with E-state index >= 15 is 0 Å². The van der Waals surface area contributed by atoms with E-state index in [0.29, 0.717) is 6.54 Å². The lowest BCUT2D eigenvalue weighted by Gasteiger charge is -2.08. The molecule has 0 spiro atoms. The molecule has 0 amide bonds. The molecule has 2 N–H and O–H groups in total. The summed E-state index contributed by atoms with van der Waals surface area (Å²) in [5.74, 6) is 0. The normalized spacial score (nSPS) is 10.4. The zero-order chi connectivity index (χ0) is 9.97. The molecular formula is C11H13N3. The molecule has 0 radical (unpaired) electrons. The molecule has 2 aromatic rings. The van der Waals surface area contributed by atoms with Gasteiger partial charge in [0.1, 0.15) is 0 Å². The van der Waals surface area contributed by atoms with Crippen molar-refractivity contribution in [2.45, 2.75) is 13.5 Å². The Morgan fingerprint density at radius 2 is 2.07 bits per heavy atom. The van der Waals surface area contributed by atoms with Crippen LogP contribution in [0.2, 0.25) is 0 Å². The fraction of sp³-hybridized carbons (Fsp3) is 0.182. The van der Waals surface area contributed by atoms with Gasteiger partial charge in [-0.15, -0.1) is 0 Å². The number of nitrogens with two attached hydrogens (primary N) is 1. The van der Waals surface area contributed by atoms with Crippen LogP contribution in [0.15, 0.2) is 36.5 Å². The third-order valence-corrected chi connectivity index (χ3v) is 2.27. The topological polar surface area (TPSA) is 43.8 Å². The van der Waals surface area contributed by atoms with Gasteiger partial charge in [0.05, 0.1) is 5.69 Å². The molecular weight excluding hydrogens is 174 g/mol. The van der Waals surface area contributed by atoms with E-state index in [1.165, 1.54) is 0 Å². The number of aryl methyl sites for hydroxylation is 1. The molecule has 14 heavy (non-hydrogen) atoms. The fourth-order valence-corrected chi connectivity index (χ4v) is 1.51. The van der Waals surface area contributed by atoms with Gasteiger partial charge in [-0.25, -0.2) is 4.68 Å². The smallest absolute Gasteiger partial charge is 0.0693 e. The summed E-state index contributed by atoms with van der Waals surface area (Å²) < 4.78 is 1.90. The van der Waals surface area contributed by atoms with Gasteiger partial charge in [-0.05, 0) is 24.6 Å². The lowest BCUT2D eigenvalue weighted by molar-refractivity contribution is 0.829. The van der Waals surface area contributed by atoms with E-state index in [9.17, 15) is 0 Å². The standard InChI is InChI=1S/C11H13N3/c1-9-6-7-13-14(9)11-5-3-2-4-10(11)8-12/h2-7H,8,12H2,1H3. The molecule has 0 aliphatic rings. The Balaban J connectivity index is 2.56. The van der Waals surface area contributed by atoms with E-state index in [0.717, 1.165) is 16.9 Å². The van der Waals surface area contributed by atoms with Gasteiger partial charge in [0.2, 0.25) is 0 Å². The van der Waals surface area contributed by atoms with Gasteiger partial charge >= 0.3 is 0 Å². The van der Waals surface area contributed by atoms with Crippen molar-refractivity contribution in [1.29, 1.82) is 0 Å². The minimum atomic E-state index is 0.537. The van der Waals surface area contributed by atoms with Crippen molar-refractivity contribution in [2.75, 3.05) is 0 Å². The first-order valence-electron chi connectivity index (χ1n) is 4.62. The van der Waals surface area contributed by atoms with Crippen molar-refractivity contribution in [3.63, 3.8) is 0 Å². The van der Waals surface area contributed by atoms with Crippen molar-refractivity contribution < 1.29 is 0 Å². The molecule has 0 aliphatic carbocycles. The zero-order valence-electron chi connectivity index (χ0n) is 8.14. The summed E-state index contributed by atoms with van der Waals surface area (Å²) in [7, 11) is 0. The van der Waals surface area contributed by atoms with Gasteiger partial charge in [0.25, 0.3) is 0 Å². The molecule has 3 nitrogen and oxygen atoms in total. The van der Waals surface area contributed by atoms with Crippen molar-refractivity contribution >= 4 is 0 Å². The van der Waals surface area contributed by atoms with Crippen LogP contribution in [0, 0.1) is 6.92 Å². The van der Waals surface area contributed by atoms with E-state index in [4.69, 9.17) is 5.73 Å². The number of para-hydroxylation sites is 1. The minimum Gasteiger partial charge on any atom is -0.326 e. The molecule has 0 unspecified atom stereocenters. The first kappa shape index (κ1) is 8.97. The molecule has 1 heterocycles. The second kappa shape index (κ2) is 3.64. The van der Waals surface area contributed by atoms with Crippen LogP contribution in [-0.2, 0) is 6.54 Å². The lowest BCUT2D eigenvalue weighted by Crippen LogP contribution is -2.06. The average molecular weight is 187 g/mol. The van der Waals surface area contributed by atoms with Crippen LogP contribution in [0.3, 0.4) is 0 Å². The van der Waals surface area contributed by atoms with Crippen molar-refractivity contribution in [1.82, 2.24) is 9.78 Å². The van der Waals surface area contributed by atoms with Crippen LogP contribution in [0.25, 0.3) is 5.69 Å². The molecule has 3 heteroatoms. The predicted molar refractivity (Wildman–Crippen MR) is 56.2 cm³/mol. The number of hydrogen-bond acceptors (Lipinski definition) is 2. The Morgan fingerprint density at radius 1 is 1.29 bits per heavy atom. The zero-order valence-corrected chi connectivity index (χ0v) is 8.14. The Labute approximate surface area is 83.2 Å². The number of rotatable bonds is 2. The van der Waals surface area contributed by atoms with E-state index in [-0.39, 0.29) is 0 Å². The third-order valence-electron chi connectivity index (χ3n) is 2.27. The van der Waals surface area contributed by atoms with Crippen molar-refractivity contribution in [3.05, 3.63) is 47.8 Å². The fourth-order valence-electron chi connectivity index (χ4n) is 1.51. The molecule has 0 atom stereocenters. The van der Waals surface area contributed by atoms with E-state index < -0.39 is 0 Å². The highest BCUT2D eigenvalue weighted by Gasteiger charge is 2.04. The van der Waals surface area contributed by atoms with Crippen molar-refractivity contribution in [3.8, 4) is 5.69 Å². The summed E-state index contributed by atoms with van der Waals surface area (Å²) in [6.45, 7) is 2.57. The van der Waals surface area contributed by atoms with E-state index in [2.05, 4.69) is 5.10 Å². The predicted octanol–water partition coefficient (Wildman–Crippen LogP) is 1.64. The van der Waals surface area contributed by atoms with Gasteiger partial charge < -0.3 is 5.73 Å². The minimum absolute atomic E-state index is 0.537. The lowest BCUT2D eigenvalue weighted by atomic mass is 10.2. The second-order valence-electron chi connectivity index (χ2n) is 3.22. The number of nitrogens with zero attached hydrogens (tertiary/aromatic N) is 2. The van der Waals surface area contributed by atoms with E-state index in [1.54, 1.807) is 6.20 Å². The van der Waals surface area contributed by atoms with Gasteiger partial charge in [-0.2, -0.15) is 5.10 Å². The highest BCUT2D eigenvalue weighted by molar-refractivity contribution is 5.41. The molecule has 1 aromatic heterocycles. The van der Waals surface area contributed by atoms with Gasteiger partial charge in [0.15, 0.2) is 0 Å². The highest BCUT2D eigenvalue weighted by atomic mass is 15.3. The Morgan fingerprint density at radius 3 is 2.71 bits per heavy atom. The SMILES string of the molecule is Cc1ccnn1-c1ccccc1CN. The summed E-state index contributed by atoms with van der Waals surface area (Å²) >= 11 is 0. The summed E-state index contributed by atoms with van der Waals surface area (Å²) in [5.41, 5.74) is 8.96. The Hall–Kier alpha value is -1.61. The molecule has 0 bridgehead atoms. The monoisotopic (exact) mass is 187 g/mol. The largest absolute Gasteiger partial charge is 0.326 e. The summed E-state index contributed by atoms with van der Waals surface area (Å²) in [6, 6.07) is 10.0. The Kier molecular flexibility index (Phi) is 2.33. The van der Waals surface area contributed by atoms with Crippen LogP contribution in [0.1, 0.15) is 11.3 Å². The number of hydrogen-bond donors (Lipinski definition) is 1. The Bertz CT molecular complexity index is 432. The molecule has 72 valence electrons. The van der Waals surface area contributed by atoms with Crippen LogP contribution >= 0.6 is 0 Å². The quantitative estimate of drug-likeness (QED) is 0.776. The maximum absolute atomic E-state index is 5.67. The highest BCUT2D eigenvalue weighted by Crippen LogP contribution is 2.14. The van der Waals surface area contributed by atoms with Crippen LogP contribution in [0.5, 0.6) is 0 Å². The summed E-state index contributed by atoms with van der Waals surface area (Å²) in [5, 5.41) is 4.26. The van der Waals surface area contributed by atoms with Crippen LogP contribution < -0.4 is 5.73 Å². The van der Waals surface area contributed by atoms with Crippen molar-refractivity contribution in [2.24, 2.45) is 5.73 Å². The molecule has 0 fully saturated rings. The van der Waals surface area contributed by atoms with Crippen LogP contribution in [-0.4, -0.2) is 9.78 Å². The molecule has 2 rings (SSSR count). The maximum Gasteiger partial charge on any atom is 0.0693 e. The second-order valence-corrected chi connectivity index (χ2v) is 3.22. The number of aromatic nitrogens is 2. The summed E-state index contributed by atoms with van der Waals surface area (Å²) in [6.07, 6.45) is 1.79. The van der Waals surface area contributed by atoms with E-state index in [1.807, 2.05) is 41.9 Å². The van der Waals surface area contributed by atoms with Gasteiger partial charge in [0, 0.05) is 18.4 Å². The van der Waals surface area contributed by atoms with Gasteiger partial charge in [-0.3, -0.25) is 0 Å². The summed E-state index contributed by atoms with van der Waals surface area (Å²) in [4.78, 5) is 0. The maximum atomic E-state index is 5.67. The first-order valence-corrected chi connectivity index (χ1v) is 4.62. The third kappa shape index (κ3) is 1.42. The van der Waals surface area contributed by atoms with Gasteiger partial charge in [-0.1, -0.05) is 18.2 Å².